The zero-order valence-corrected chi connectivity index (χ0v) is 9.64. The Balaban J connectivity index is 2.60. The molecule has 0 saturated carbocycles. The molecule has 0 bridgehead atoms. The summed E-state index contributed by atoms with van der Waals surface area (Å²) in [6, 6.07) is 0. The Labute approximate surface area is 91.0 Å². The molecule has 0 atom stereocenters. The maximum atomic E-state index is 8.94. The molecule has 0 aliphatic heterocycles. The summed E-state index contributed by atoms with van der Waals surface area (Å²) in [6.07, 6.45) is 4.43. The highest BCUT2D eigenvalue weighted by atomic mass is 16.3. The second kappa shape index (κ2) is 5.66. The van der Waals surface area contributed by atoms with Gasteiger partial charge in [-0.05, 0) is 12.3 Å². The smallest absolute Gasteiger partial charge is 0.147 e. The molecule has 1 heterocycles. The van der Waals surface area contributed by atoms with Crippen molar-refractivity contribution in [2.75, 3.05) is 18.5 Å². The van der Waals surface area contributed by atoms with E-state index in [0.717, 1.165) is 18.8 Å². The molecule has 0 unspecified atom stereocenters. The van der Waals surface area contributed by atoms with Crippen molar-refractivity contribution in [2.45, 2.75) is 26.9 Å². The van der Waals surface area contributed by atoms with Gasteiger partial charge >= 0.3 is 0 Å². The molecule has 0 aromatic carbocycles. The van der Waals surface area contributed by atoms with Crippen molar-refractivity contribution in [3.63, 3.8) is 0 Å². The van der Waals surface area contributed by atoms with Crippen molar-refractivity contribution in [2.24, 2.45) is 5.92 Å². The molecule has 1 rings (SSSR count). The number of anilines is 1. The minimum atomic E-state index is -0.0567. The van der Waals surface area contributed by atoms with E-state index in [2.05, 4.69) is 28.7 Å². The van der Waals surface area contributed by atoms with Crippen molar-refractivity contribution in [1.82, 2.24) is 9.97 Å². The van der Waals surface area contributed by atoms with E-state index >= 15 is 0 Å². The summed E-state index contributed by atoms with van der Waals surface area (Å²) in [7, 11) is 1.99. The SMILES string of the molecule is CC(C)CCN(C)c1cncc(CO)n1. The van der Waals surface area contributed by atoms with Crippen LogP contribution in [-0.4, -0.2) is 28.7 Å². The third kappa shape index (κ3) is 3.83. The van der Waals surface area contributed by atoms with Gasteiger partial charge in [0, 0.05) is 13.6 Å². The maximum absolute atomic E-state index is 8.94. The molecule has 0 aliphatic carbocycles. The van der Waals surface area contributed by atoms with Crippen LogP contribution in [0.2, 0.25) is 0 Å². The summed E-state index contributed by atoms with van der Waals surface area (Å²) in [5, 5.41) is 8.94. The van der Waals surface area contributed by atoms with Crippen LogP contribution in [0.5, 0.6) is 0 Å². The quantitative estimate of drug-likeness (QED) is 0.797. The highest BCUT2D eigenvalue weighted by Crippen LogP contribution is 2.10. The lowest BCUT2D eigenvalue weighted by molar-refractivity contribution is 0.276. The monoisotopic (exact) mass is 209 g/mol. The van der Waals surface area contributed by atoms with Crippen molar-refractivity contribution < 1.29 is 5.11 Å². The average molecular weight is 209 g/mol. The van der Waals surface area contributed by atoms with Gasteiger partial charge in [0.05, 0.1) is 24.7 Å². The Bertz CT molecular complexity index is 302. The summed E-state index contributed by atoms with van der Waals surface area (Å²) in [5.41, 5.74) is 0.615. The molecule has 1 aromatic heterocycles. The van der Waals surface area contributed by atoms with Crippen LogP contribution in [-0.2, 0) is 6.61 Å². The highest BCUT2D eigenvalue weighted by molar-refractivity contribution is 5.34. The minimum absolute atomic E-state index is 0.0567. The van der Waals surface area contributed by atoms with E-state index in [0.29, 0.717) is 11.6 Å². The van der Waals surface area contributed by atoms with Crippen LogP contribution in [0.15, 0.2) is 12.4 Å². The van der Waals surface area contributed by atoms with Crippen molar-refractivity contribution in [3.05, 3.63) is 18.1 Å². The van der Waals surface area contributed by atoms with Crippen molar-refractivity contribution >= 4 is 5.82 Å². The van der Waals surface area contributed by atoms with Gasteiger partial charge in [0.25, 0.3) is 0 Å². The molecule has 0 saturated heterocycles. The Morgan fingerprint density at radius 2 is 2.13 bits per heavy atom. The van der Waals surface area contributed by atoms with Crippen LogP contribution in [0.3, 0.4) is 0 Å². The topological polar surface area (TPSA) is 49.2 Å². The Morgan fingerprint density at radius 1 is 1.40 bits per heavy atom. The molecule has 15 heavy (non-hydrogen) atoms. The molecule has 4 nitrogen and oxygen atoms in total. The first kappa shape index (κ1) is 11.9. The van der Waals surface area contributed by atoms with Crippen LogP contribution in [0.25, 0.3) is 0 Å². The normalized spacial score (nSPS) is 10.7. The van der Waals surface area contributed by atoms with Gasteiger partial charge < -0.3 is 10.0 Å². The van der Waals surface area contributed by atoms with Crippen LogP contribution < -0.4 is 4.90 Å². The number of hydrogen-bond acceptors (Lipinski definition) is 4. The first-order chi connectivity index (χ1) is 7.13. The van der Waals surface area contributed by atoms with Gasteiger partial charge in [-0.2, -0.15) is 0 Å². The molecule has 0 spiro atoms. The number of nitrogens with zero attached hydrogens (tertiary/aromatic N) is 3. The molecular weight excluding hydrogens is 190 g/mol. The molecule has 0 fully saturated rings. The zero-order valence-electron chi connectivity index (χ0n) is 9.64. The first-order valence-electron chi connectivity index (χ1n) is 5.26. The molecule has 0 aliphatic rings. The molecule has 4 heteroatoms. The summed E-state index contributed by atoms with van der Waals surface area (Å²) >= 11 is 0. The average Bonchev–Trinajstić information content (AvgIpc) is 2.26. The summed E-state index contributed by atoms with van der Waals surface area (Å²) in [4.78, 5) is 10.4. The predicted molar refractivity (Wildman–Crippen MR) is 60.7 cm³/mol. The number of aliphatic hydroxyl groups is 1. The summed E-state index contributed by atoms with van der Waals surface area (Å²) in [5.74, 6) is 1.50. The first-order valence-corrected chi connectivity index (χ1v) is 5.26. The second-order valence-corrected chi connectivity index (χ2v) is 4.13. The third-order valence-electron chi connectivity index (χ3n) is 2.27. The fourth-order valence-electron chi connectivity index (χ4n) is 1.22. The molecule has 0 amide bonds. The van der Waals surface area contributed by atoms with E-state index in [1.54, 1.807) is 12.4 Å². The van der Waals surface area contributed by atoms with Crippen LogP contribution >= 0.6 is 0 Å². The van der Waals surface area contributed by atoms with Gasteiger partial charge in [-0.25, -0.2) is 4.98 Å². The van der Waals surface area contributed by atoms with Crippen molar-refractivity contribution in [1.29, 1.82) is 0 Å². The largest absolute Gasteiger partial charge is 0.390 e. The zero-order chi connectivity index (χ0) is 11.3. The van der Waals surface area contributed by atoms with Gasteiger partial charge in [0.15, 0.2) is 0 Å². The highest BCUT2D eigenvalue weighted by Gasteiger charge is 2.04. The lowest BCUT2D eigenvalue weighted by atomic mass is 10.1. The van der Waals surface area contributed by atoms with E-state index in [-0.39, 0.29) is 6.61 Å². The van der Waals surface area contributed by atoms with Crippen LogP contribution in [0, 0.1) is 5.92 Å². The molecular formula is C11H19N3O. The minimum Gasteiger partial charge on any atom is -0.390 e. The second-order valence-electron chi connectivity index (χ2n) is 4.13. The van der Waals surface area contributed by atoms with E-state index in [4.69, 9.17) is 5.11 Å². The van der Waals surface area contributed by atoms with Gasteiger partial charge in [0.2, 0.25) is 0 Å². The number of aromatic nitrogens is 2. The third-order valence-corrected chi connectivity index (χ3v) is 2.27. The van der Waals surface area contributed by atoms with Crippen molar-refractivity contribution in [3.8, 4) is 0 Å². The number of rotatable bonds is 5. The fourth-order valence-corrected chi connectivity index (χ4v) is 1.22. The summed E-state index contributed by atoms with van der Waals surface area (Å²) < 4.78 is 0. The predicted octanol–water partition coefficient (Wildman–Crippen LogP) is 1.45. The molecule has 0 radical (unpaired) electrons. The van der Waals surface area contributed by atoms with Gasteiger partial charge in [-0.3, -0.25) is 4.98 Å². The van der Waals surface area contributed by atoms with Gasteiger partial charge in [-0.15, -0.1) is 0 Å². The molecule has 1 aromatic rings. The van der Waals surface area contributed by atoms with Gasteiger partial charge in [-0.1, -0.05) is 13.8 Å². The Kier molecular flexibility index (Phi) is 4.49. The maximum Gasteiger partial charge on any atom is 0.147 e. The van der Waals surface area contributed by atoms with Crippen LogP contribution in [0.1, 0.15) is 26.0 Å². The van der Waals surface area contributed by atoms with Gasteiger partial charge in [0.1, 0.15) is 5.82 Å². The standard InChI is InChI=1S/C11H19N3O/c1-9(2)4-5-14(3)11-7-12-6-10(8-15)13-11/h6-7,9,15H,4-5,8H2,1-3H3. The molecule has 1 N–H and O–H groups in total. The number of aliphatic hydroxyl groups excluding tert-OH is 1. The Hall–Kier alpha value is -1.16. The van der Waals surface area contributed by atoms with E-state index in [1.165, 1.54) is 0 Å². The van der Waals surface area contributed by atoms with E-state index in [9.17, 15) is 0 Å². The van der Waals surface area contributed by atoms with E-state index in [1.807, 2.05) is 7.05 Å². The Morgan fingerprint density at radius 3 is 2.73 bits per heavy atom. The molecule has 84 valence electrons. The lowest BCUT2D eigenvalue weighted by Gasteiger charge is -2.19. The summed E-state index contributed by atoms with van der Waals surface area (Å²) in [6.45, 7) is 5.30. The number of hydrogen-bond donors (Lipinski definition) is 1. The van der Waals surface area contributed by atoms with E-state index < -0.39 is 0 Å². The lowest BCUT2D eigenvalue weighted by Crippen LogP contribution is -2.21. The van der Waals surface area contributed by atoms with Crippen LogP contribution in [0.4, 0.5) is 5.82 Å². The fraction of sp³-hybridized carbons (Fsp3) is 0.636.